The highest BCUT2D eigenvalue weighted by Crippen LogP contribution is 2.45. The zero-order chi connectivity index (χ0) is 31.6. The molecule has 2 aromatic carbocycles. The van der Waals surface area contributed by atoms with E-state index in [1.807, 2.05) is 12.1 Å². The van der Waals surface area contributed by atoms with Crippen LogP contribution in [0.15, 0.2) is 55.0 Å². The Morgan fingerprint density at radius 3 is 2.80 bits per heavy atom. The molecule has 5 aromatic rings. The quantitative estimate of drug-likeness (QED) is 0.153. The number of fused-ring (bicyclic) bond motifs is 5. The third-order valence-corrected chi connectivity index (χ3v) is 10.4. The van der Waals surface area contributed by atoms with Crippen LogP contribution in [0.3, 0.4) is 0 Å². The average Bonchev–Trinajstić information content (AvgIpc) is 3.66. The van der Waals surface area contributed by atoms with E-state index < -0.39 is 6.10 Å². The van der Waals surface area contributed by atoms with Crippen LogP contribution >= 0.6 is 22.9 Å². The lowest BCUT2D eigenvalue weighted by Gasteiger charge is -2.32. The molecule has 0 bridgehead atoms. The van der Waals surface area contributed by atoms with Gasteiger partial charge in [0.15, 0.2) is 0 Å². The first-order valence-electron chi connectivity index (χ1n) is 15.7. The van der Waals surface area contributed by atoms with Crippen molar-refractivity contribution in [2.75, 3.05) is 31.6 Å². The Kier molecular flexibility index (Phi) is 9.19. The fourth-order valence-corrected chi connectivity index (χ4v) is 7.94. The van der Waals surface area contributed by atoms with Gasteiger partial charge in [0.05, 0.1) is 28.8 Å². The number of ether oxygens (including phenoxy) is 1. The van der Waals surface area contributed by atoms with Crippen molar-refractivity contribution in [3.8, 4) is 16.2 Å². The normalized spacial score (nSPS) is 15.9. The number of aryl methyl sites for hydroxylation is 3. The predicted molar refractivity (Wildman–Crippen MR) is 178 cm³/mol. The molecule has 1 fully saturated rings. The van der Waals surface area contributed by atoms with Crippen molar-refractivity contribution in [2.45, 2.75) is 51.4 Å². The zero-order valence-corrected chi connectivity index (χ0v) is 26.9. The first-order valence-corrected chi connectivity index (χ1v) is 16.9. The lowest BCUT2D eigenvalue weighted by atomic mass is 9.93. The number of rotatable bonds is 11. The molecular formula is C34H36ClFN6O3S. The highest BCUT2D eigenvalue weighted by atomic mass is 35.5. The minimum absolute atomic E-state index is 0.185. The van der Waals surface area contributed by atoms with Crippen molar-refractivity contribution >= 4 is 44.7 Å². The van der Waals surface area contributed by atoms with Gasteiger partial charge in [-0.15, -0.1) is 11.3 Å². The van der Waals surface area contributed by atoms with Gasteiger partial charge in [-0.25, -0.2) is 14.4 Å². The summed E-state index contributed by atoms with van der Waals surface area (Å²) in [6, 6.07) is 11.8. The molecule has 0 saturated carbocycles. The number of halogens is 2. The van der Waals surface area contributed by atoms with Gasteiger partial charge < -0.3 is 25.2 Å². The van der Waals surface area contributed by atoms with Crippen LogP contribution in [0.2, 0.25) is 5.02 Å². The Morgan fingerprint density at radius 2 is 2.00 bits per heavy atom. The van der Waals surface area contributed by atoms with E-state index in [0.717, 1.165) is 84.7 Å². The number of anilines is 2. The standard InChI is InChI=1S/C34H36ClFN6O3S/c35-28-15-24(4-7-30(28)45-19-22-2-1-3-23(36)14-22)39-33-31-26-5-6-29-27(32(26)46-34(31)38-20-37-33)17-42(40-29)13-10-21-8-11-41(12-9-21)16-25(44)18-43/h1-4,7,14-15,17,20-21,25,43-44H,5-6,8-13,16,18-19H2,(H,37,38,39). The third-order valence-electron chi connectivity index (χ3n) is 8.91. The van der Waals surface area contributed by atoms with E-state index in [1.165, 1.54) is 28.1 Å². The highest BCUT2D eigenvalue weighted by molar-refractivity contribution is 7.22. The fraction of sp³-hybridized carbons (Fsp3) is 0.382. The van der Waals surface area contributed by atoms with E-state index in [9.17, 15) is 9.50 Å². The molecule has 1 aliphatic heterocycles. The smallest absolute Gasteiger partial charge is 0.142 e. The lowest BCUT2D eigenvalue weighted by Crippen LogP contribution is -2.40. The van der Waals surface area contributed by atoms with Gasteiger partial charge in [-0.2, -0.15) is 5.10 Å². The van der Waals surface area contributed by atoms with Crippen LogP contribution in [0.1, 0.15) is 36.1 Å². The molecule has 1 atom stereocenters. The second-order valence-corrected chi connectivity index (χ2v) is 13.5. The summed E-state index contributed by atoms with van der Waals surface area (Å²) >= 11 is 8.25. The molecular weight excluding hydrogens is 627 g/mol. The molecule has 0 radical (unpaired) electrons. The van der Waals surface area contributed by atoms with Crippen LogP contribution in [-0.4, -0.2) is 67.2 Å². The van der Waals surface area contributed by atoms with Gasteiger partial charge in [-0.05, 0) is 92.6 Å². The molecule has 1 saturated heterocycles. The highest BCUT2D eigenvalue weighted by Gasteiger charge is 2.27. The molecule has 4 heterocycles. The van der Waals surface area contributed by atoms with Crippen molar-refractivity contribution in [3.05, 3.63) is 82.6 Å². The van der Waals surface area contributed by atoms with Gasteiger partial charge in [-0.3, -0.25) is 4.68 Å². The molecule has 3 aromatic heterocycles. The number of benzene rings is 2. The van der Waals surface area contributed by atoms with Crippen LogP contribution in [-0.2, 0) is 26.0 Å². The average molecular weight is 663 g/mol. The summed E-state index contributed by atoms with van der Waals surface area (Å²) in [6.45, 7) is 3.37. The van der Waals surface area contributed by atoms with Crippen molar-refractivity contribution in [2.24, 2.45) is 5.92 Å². The Balaban J connectivity index is 1.03. The van der Waals surface area contributed by atoms with Crippen LogP contribution in [0.25, 0.3) is 20.7 Å². The maximum Gasteiger partial charge on any atom is 0.142 e. The number of hydrogen-bond acceptors (Lipinski definition) is 9. The number of aliphatic hydroxyl groups is 2. The van der Waals surface area contributed by atoms with Crippen molar-refractivity contribution in [1.29, 1.82) is 0 Å². The summed E-state index contributed by atoms with van der Waals surface area (Å²) in [6.07, 6.45) is 8.13. The van der Waals surface area contributed by atoms with E-state index in [-0.39, 0.29) is 19.0 Å². The summed E-state index contributed by atoms with van der Waals surface area (Å²) in [5.41, 5.74) is 5.07. The summed E-state index contributed by atoms with van der Waals surface area (Å²) in [5, 5.41) is 28.8. The third kappa shape index (κ3) is 6.74. The topological polar surface area (TPSA) is 109 Å². The molecule has 0 spiro atoms. The zero-order valence-electron chi connectivity index (χ0n) is 25.3. The number of piperidine rings is 1. The number of nitrogens with zero attached hydrogens (tertiary/aromatic N) is 5. The minimum Gasteiger partial charge on any atom is -0.487 e. The van der Waals surface area contributed by atoms with Crippen LogP contribution in [0.5, 0.6) is 5.75 Å². The van der Waals surface area contributed by atoms with E-state index in [4.69, 9.17) is 26.5 Å². The van der Waals surface area contributed by atoms with Gasteiger partial charge >= 0.3 is 0 Å². The first kappa shape index (κ1) is 31.0. The summed E-state index contributed by atoms with van der Waals surface area (Å²) in [4.78, 5) is 13.6. The monoisotopic (exact) mass is 662 g/mol. The Morgan fingerprint density at radius 1 is 1.13 bits per heavy atom. The maximum absolute atomic E-state index is 13.5. The Bertz CT molecular complexity index is 1840. The van der Waals surface area contributed by atoms with Crippen molar-refractivity contribution < 1.29 is 19.3 Å². The van der Waals surface area contributed by atoms with Gasteiger partial charge in [0.25, 0.3) is 0 Å². The lowest BCUT2D eigenvalue weighted by molar-refractivity contribution is 0.0465. The summed E-state index contributed by atoms with van der Waals surface area (Å²) in [5.74, 6) is 1.59. The summed E-state index contributed by atoms with van der Waals surface area (Å²) < 4.78 is 21.5. The van der Waals surface area contributed by atoms with Gasteiger partial charge in [-0.1, -0.05) is 23.7 Å². The molecule has 3 N–H and O–H groups in total. The molecule has 240 valence electrons. The van der Waals surface area contributed by atoms with E-state index >= 15 is 0 Å². The molecule has 12 heteroatoms. The Hall–Kier alpha value is -3.61. The van der Waals surface area contributed by atoms with Gasteiger partial charge in [0.2, 0.25) is 0 Å². The second kappa shape index (κ2) is 13.6. The SMILES string of the molecule is OCC(O)CN1CCC(CCn2cc3c(n2)CCc2c-3sc3ncnc(Nc4ccc(OCc5cccc(F)c5)c(Cl)c4)c23)CC1. The maximum atomic E-state index is 13.5. The number of aliphatic hydroxyl groups excluding tert-OH is 2. The largest absolute Gasteiger partial charge is 0.487 e. The van der Waals surface area contributed by atoms with Crippen molar-refractivity contribution in [1.82, 2.24) is 24.6 Å². The number of hydrogen-bond donors (Lipinski definition) is 3. The molecule has 1 aliphatic carbocycles. The van der Waals surface area contributed by atoms with Gasteiger partial charge in [0, 0.05) is 35.4 Å². The number of β-amino-alcohol motifs (C(OH)–C–C–N with tert-alkyl or cyclic N) is 1. The van der Waals surface area contributed by atoms with Gasteiger partial charge in [0.1, 0.15) is 35.1 Å². The van der Waals surface area contributed by atoms with Crippen LogP contribution < -0.4 is 10.1 Å². The van der Waals surface area contributed by atoms with E-state index in [1.54, 1.807) is 35.9 Å². The fourth-order valence-electron chi connectivity index (χ4n) is 6.48. The number of aromatic nitrogens is 4. The second-order valence-electron chi connectivity index (χ2n) is 12.1. The molecule has 46 heavy (non-hydrogen) atoms. The van der Waals surface area contributed by atoms with E-state index in [0.29, 0.717) is 23.2 Å². The van der Waals surface area contributed by atoms with Crippen LogP contribution in [0.4, 0.5) is 15.9 Å². The van der Waals surface area contributed by atoms with Crippen LogP contribution in [0, 0.1) is 11.7 Å². The van der Waals surface area contributed by atoms with E-state index in [2.05, 4.69) is 31.1 Å². The molecule has 7 rings (SSSR count). The predicted octanol–water partition coefficient (Wildman–Crippen LogP) is 6.22. The number of nitrogens with one attached hydrogen (secondary N) is 1. The summed E-state index contributed by atoms with van der Waals surface area (Å²) in [7, 11) is 0. The molecule has 2 aliphatic rings. The molecule has 9 nitrogen and oxygen atoms in total. The molecule has 0 amide bonds. The molecule has 1 unspecified atom stereocenters. The van der Waals surface area contributed by atoms with Crippen molar-refractivity contribution in [3.63, 3.8) is 0 Å². The first-order chi connectivity index (χ1) is 22.4. The Labute approximate surface area is 275 Å². The minimum atomic E-state index is -0.658. The number of thiophene rings is 1. The number of likely N-dealkylation sites (tertiary alicyclic amines) is 1.